The third-order valence-electron chi connectivity index (χ3n) is 11.8. The summed E-state index contributed by atoms with van der Waals surface area (Å²) in [5.74, 6) is 1.74. The quantitative estimate of drug-likeness (QED) is 0.248. The fraction of sp³-hybridized carbons (Fsp3) is 0.154. The fourth-order valence-electron chi connectivity index (χ4n) is 7.56. The number of para-hydroxylation sites is 2. The van der Waals surface area contributed by atoms with Crippen molar-refractivity contribution in [2.75, 3.05) is 0 Å². The van der Waals surface area contributed by atoms with Crippen molar-refractivity contribution in [1.82, 2.24) is 15.0 Å². The summed E-state index contributed by atoms with van der Waals surface area (Å²) in [4.78, 5) is 15.5. The van der Waals surface area contributed by atoms with E-state index in [1.807, 2.05) is 48.5 Å². The van der Waals surface area contributed by atoms with Crippen molar-refractivity contribution in [3.05, 3.63) is 78.9 Å². The third-order valence-corrected chi connectivity index (χ3v) is 11.8. The van der Waals surface area contributed by atoms with Crippen LogP contribution in [0.25, 0.3) is 78.0 Å². The molecule has 0 radical (unpaired) electrons. The molecule has 1 fully saturated rings. The second-order valence-electron chi connectivity index (χ2n) is 15.2. The Balaban J connectivity index is 1.22. The molecule has 4 heterocycles. The van der Waals surface area contributed by atoms with Crippen molar-refractivity contribution < 1.29 is 18.1 Å². The summed E-state index contributed by atoms with van der Waals surface area (Å²) in [5.41, 5.74) is 12.0. The van der Waals surface area contributed by atoms with Gasteiger partial charge >= 0.3 is 7.12 Å². The van der Waals surface area contributed by atoms with E-state index >= 15 is 0 Å². The molecule has 7 nitrogen and oxygen atoms in total. The molecule has 8 aromatic rings. The van der Waals surface area contributed by atoms with Gasteiger partial charge in [0.15, 0.2) is 17.5 Å². The second kappa shape index (κ2) is 11.5. The number of hydrogen-bond donors (Lipinski definition) is 0. The van der Waals surface area contributed by atoms with Crippen LogP contribution in [0.5, 0.6) is 0 Å². The Morgan fingerprint density at radius 2 is 1.13 bits per heavy atom. The first-order chi connectivity index (χ1) is 24.8. The van der Waals surface area contributed by atoms with Gasteiger partial charge in [0, 0.05) is 32.7 Å². The molecule has 0 spiro atoms. The summed E-state index contributed by atoms with van der Waals surface area (Å²) in [6.45, 7) is 8.27. The molecule has 0 amide bonds. The van der Waals surface area contributed by atoms with Crippen molar-refractivity contribution in [3.63, 3.8) is 0 Å². The van der Waals surface area contributed by atoms with Crippen molar-refractivity contribution in [2.45, 2.75) is 38.9 Å². The fourth-order valence-corrected chi connectivity index (χ4v) is 7.56. The normalized spacial score (nSPS) is 15.4. The van der Waals surface area contributed by atoms with E-state index in [9.17, 15) is 0 Å². The molecule has 0 saturated carbocycles. The number of furan rings is 2. The lowest BCUT2D eigenvalue weighted by Crippen LogP contribution is -2.55. The molecular formula is C39H35B6N3O4. The van der Waals surface area contributed by atoms with Gasteiger partial charge in [-0.3, -0.25) is 0 Å². The number of nitrogens with zero attached hydrogens (tertiary/aromatic N) is 3. The molecule has 1 aliphatic rings. The average molecular weight is 675 g/mol. The van der Waals surface area contributed by atoms with E-state index in [2.05, 4.69) is 97.3 Å². The summed E-state index contributed by atoms with van der Waals surface area (Å²) in [6, 6.07) is 26.6. The molecule has 1 aliphatic heterocycles. The van der Waals surface area contributed by atoms with Crippen molar-refractivity contribution in [3.8, 4) is 34.2 Å². The zero-order chi connectivity index (χ0) is 36.3. The van der Waals surface area contributed by atoms with Crippen LogP contribution in [0, 0.1) is 0 Å². The Morgan fingerprint density at radius 1 is 0.519 bits per heavy atom. The zero-order valence-electron chi connectivity index (χ0n) is 31.1. The van der Waals surface area contributed by atoms with E-state index in [-0.39, 0.29) is 0 Å². The molecule has 13 heteroatoms. The molecule has 0 atom stereocenters. The lowest BCUT2D eigenvalue weighted by Gasteiger charge is -2.32. The van der Waals surface area contributed by atoms with Gasteiger partial charge in [-0.1, -0.05) is 59.5 Å². The maximum absolute atomic E-state index is 6.46. The standard InChI is InChI=1S/C39H35B6N3O4/c1-38(2)39(3,4)52-45(51-38)19-13-15-26-24(17-19)21-14-12-18(16-27(21)49-26)35-46-36(23-10-7-9-22-20-8-5-6-11-25(20)50-34(22)23)48-37(47-35)28-29(40)31(42)33(44)32(43)30(28)41/h5-17H,40-44H2,1-4H3. The largest absolute Gasteiger partial charge is 0.494 e. The van der Waals surface area contributed by atoms with E-state index in [1.165, 1.54) is 16.4 Å². The highest BCUT2D eigenvalue weighted by molar-refractivity contribution is 6.68. The van der Waals surface area contributed by atoms with Crippen LogP contribution in [0.2, 0.25) is 0 Å². The summed E-state index contributed by atoms with van der Waals surface area (Å²) in [7, 11) is 10.4. The van der Waals surface area contributed by atoms with Gasteiger partial charge < -0.3 is 18.1 Å². The Hall–Kier alpha value is -4.98. The molecule has 5 aromatic carbocycles. The van der Waals surface area contributed by atoms with Crippen molar-refractivity contribution in [1.29, 1.82) is 0 Å². The maximum Gasteiger partial charge on any atom is 0.494 e. The van der Waals surface area contributed by atoms with E-state index in [0.29, 0.717) is 17.5 Å². The topological polar surface area (TPSA) is 83.4 Å². The van der Waals surface area contributed by atoms with Crippen LogP contribution in [0.1, 0.15) is 27.7 Å². The Labute approximate surface area is 307 Å². The molecule has 0 N–H and O–H groups in total. The molecule has 52 heavy (non-hydrogen) atoms. The molecule has 1 saturated heterocycles. The minimum absolute atomic E-state index is 0.425. The van der Waals surface area contributed by atoms with Crippen molar-refractivity contribution >= 4 is 123 Å². The van der Waals surface area contributed by atoms with Crippen LogP contribution < -0.4 is 32.8 Å². The van der Waals surface area contributed by atoms with Crippen LogP contribution in [-0.2, 0) is 9.31 Å². The SMILES string of the molecule is Bc1c(B)c(B)c(-c2nc(-c3ccc4c(c3)oc3ccc(B5OC(C)(C)C(C)(C)O5)cc34)nc(-c3cccc4c3oc3ccccc34)n2)c(B)c1B. The van der Waals surface area contributed by atoms with E-state index in [4.69, 9.17) is 33.1 Å². The van der Waals surface area contributed by atoms with E-state index in [0.717, 1.165) is 77.0 Å². The first-order valence-electron chi connectivity index (χ1n) is 17.9. The maximum atomic E-state index is 6.46. The van der Waals surface area contributed by atoms with Gasteiger partial charge in [0.1, 0.15) is 61.6 Å². The summed E-state index contributed by atoms with van der Waals surface area (Å²) in [6.07, 6.45) is 0. The van der Waals surface area contributed by atoms with Gasteiger partial charge in [0.05, 0.1) is 16.8 Å². The monoisotopic (exact) mass is 675 g/mol. The second-order valence-corrected chi connectivity index (χ2v) is 15.2. The number of hydrogen-bond acceptors (Lipinski definition) is 7. The van der Waals surface area contributed by atoms with Crippen LogP contribution in [0.15, 0.2) is 87.7 Å². The summed E-state index contributed by atoms with van der Waals surface area (Å²) >= 11 is 0. The minimum atomic E-state index is -0.460. The summed E-state index contributed by atoms with van der Waals surface area (Å²) < 4.78 is 25.6. The Bertz CT molecular complexity index is 2750. The smallest absolute Gasteiger partial charge is 0.456 e. The molecule has 0 bridgehead atoms. The Kier molecular flexibility index (Phi) is 7.28. The highest BCUT2D eigenvalue weighted by atomic mass is 16.7. The van der Waals surface area contributed by atoms with Gasteiger partial charge in [-0.2, -0.15) is 0 Å². The third kappa shape index (κ3) is 4.93. The van der Waals surface area contributed by atoms with Gasteiger partial charge in [-0.05, 0) is 63.5 Å². The predicted octanol–water partition coefficient (Wildman–Crippen LogP) is 0.263. The predicted molar refractivity (Wildman–Crippen MR) is 227 cm³/mol. The number of benzene rings is 5. The Morgan fingerprint density at radius 3 is 1.88 bits per heavy atom. The average Bonchev–Trinajstić information content (AvgIpc) is 3.77. The van der Waals surface area contributed by atoms with Gasteiger partial charge in [-0.15, -0.1) is 16.4 Å². The van der Waals surface area contributed by atoms with Crippen LogP contribution >= 0.6 is 0 Å². The van der Waals surface area contributed by atoms with E-state index < -0.39 is 18.3 Å². The van der Waals surface area contributed by atoms with Gasteiger partial charge in [-0.25, -0.2) is 15.0 Å². The molecule has 0 unspecified atom stereocenters. The number of fused-ring (bicyclic) bond motifs is 6. The molecule has 9 rings (SSSR count). The van der Waals surface area contributed by atoms with Gasteiger partial charge in [0.25, 0.3) is 0 Å². The lowest BCUT2D eigenvalue weighted by atomic mass is 9.60. The zero-order valence-corrected chi connectivity index (χ0v) is 31.1. The molecule has 248 valence electrons. The first kappa shape index (κ1) is 32.9. The highest BCUT2D eigenvalue weighted by Gasteiger charge is 2.51. The van der Waals surface area contributed by atoms with Crippen LogP contribution in [0.4, 0.5) is 0 Å². The molecule has 0 aliphatic carbocycles. The highest BCUT2D eigenvalue weighted by Crippen LogP contribution is 2.38. The van der Waals surface area contributed by atoms with E-state index in [1.54, 1.807) is 0 Å². The van der Waals surface area contributed by atoms with Crippen LogP contribution in [0.3, 0.4) is 0 Å². The number of aromatic nitrogens is 3. The first-order valence-corrected chi connectivity index (χ1v) is 17.9. The molecular weight excluding hydrogens is 639 g/mol. The number of rotatable bonds is 4. The van der Waals surface area contributed by atoms with Gasteiger partial charge in [0.2, 0.25) is 0 Å². The minimum Gasteiger partial charge on any atom is -0.456 e. The molecule has 3 aromatic heterocycles. The summed E-state index contributed by atoms with van der Waals surface area (Å²) in [5, 5.41) is 4.08. The lowest BCUT2D eigenvalue weighted by molar-refractivity contribution is 0.00578. The van der Waals surface area contributed by atoms with Crippen LogP contribution in [-0.4, -0.2) is 72.5 Å². The van der Waals surface area contributed by atoms with Crippen molar-refractivity contribution in [2.24, 2.45) is 0 Å².